The maximum atomic E-state index is 11.6. The normalized spacial score (nSPS) is 15.6. The lowest BCUT2D eigenvalue weighted by Crippen LogP contribution is -2.20. The topological polar surface area (TPSA) is 22.0 Å². The summed E-state index contributed by atoms with van der Waals surface area (Å²) in [7, 11) is 0. The van der Waals surface area contributed by atoms with Gasteiger partial charge in [-0.15, -0.1) is 0 Å². The van der Waals surface area contributed by atoms with Gasteiger partial charge in [-0.25, -0.2) is 0 Å². The molecule has 0 aliphatic heterocycles. The Kier molecular flexibility index (Phi) is 2.87. The van der Waals surface area contributed by atoms with Gasteiger partial charge < -0.3 is 4.57 Å². The second kappa shape index (κ2) is 4.13. The first kappa shape index (κ1) is 9.71. The highest BCUT2D eigenvalue weighted by atomic mass is 79.9. The van der Waals surface area contributed by atoms with Crippen LogP contribution < -0.4 is 5.56 Å². The Labute approximate surface area is 91.4 Å². The van der Waals surface area contributed by atoms with Crippen LogP contribution >= 0.6 is 15.9 Å². The fourth-order valence-electron chi connectivity index (χ4n) is 1.73. The lowest BCUT2D eigenvalue weighted by Gasteiger charge is -2.06. The van der Waals surface area contributed by atoms with E-state index >= 15 is 0 Å². The van der Waals surface area contributed by atoms with Gasteiger partial charge in [-0.2, -0.15) is 0 Å². The molecule has 0 amide bonds. The largest absolute Gasteiger partial charge is 0.310 e. The highest BCUT2D eigenvalue weighted by molar-refractivity contribution is 9.10. The number of rotatable bonds is 2. The van der Waals surface area contributed by atoms with Crippen molar-refractivity contribution in [1.82, 2.24) is 4.57 Å². The summed E-state index contributed by atoms with van der Waals surface area (Å²) in [5.74, 6) is 0. The first-order chi connectivity index (χ1) is 6.77. The van der Waals surface area contributed by atoms with E-state index in [9.17, 15) is 4.79 Å². The predicted molar refractivity (Wildman–Crippen MR) is 60.3 cm³/mol. The van der Waals surface area contributed by atoms with Crippen LogP contribution in [0.3, 0.4) is 0 Å². The van der Waals surface area contributed by atoms with Gasteiger partial charge in [0.1, 0.15) is 0 Å². The van der Waals surface area contributed by atoms with Crippen molar-refractivity contribution < 1.29 is 0 Å². The molecule has 0 spiro atoms. The minimum Gasteiger partial charge on any atom is -0.310 e. The molecule has 0 saturated heterocycles. The van der Waals surface area contributed by atoms with Gasteiger partial charge in [0.25, 0.3) is 5.56 Å². The molecule has 2 rings (SSSR count). The molecule has 0 fully saturated rings. The second-order valence-electron chi connectivity index (χ2n) is 3.54. The molecule has 1 aliphatic rings. The van der Waals surface area contributed by atoms with Gasteiger partial charge in [0, 0.05) is 12.7 Å². The molecular formula is C11H12BrNO. The van der Waals surface area contributed by atoms with Gasteiger partial charge in [0.05, 0.1) is 4.47 Å². The molecule has 1 aromatic heterocycles. The summed E-state index contributed by atoms with van der Waals surface area (Å²) in [6, 6.07) is 3.67. The molecule has 2 nitrogen and oxygen atoms in total. The molecule has 0 radical (unpaired) electrons. The van der Waals surface area contributed by atoms with Crippen LogP contribution in [0, 0.1) is 0 Å². The van der Waals surface area contributed by atoms with Crippen LogP contribution in [0.15, 0.2) is 39.2 Å². The van der Waals surface area contributed by atoms with Crippen LogP contribution in [-0.2, 0) is 6.54 Å². The van der Waals surface area contributed by atoms with Crippen molar-refractivity contribution >= 4 is 15.9 Å². The second-order valence-corrected chi connectivity index (χ2v) is 4.40. The number of halogens is 1. The molecule has 74 valence electrons. The first-order valence-electron chi connectivity index (χ1n) is 4.80. The molecule has 0 saturated carbocycles. The van der Waals surface area contributed by atoms with E-state index in [2.05, 4.69) is 22.0 Å². The average Bonchev–Trinajstić information content (AvgIpc) is 2.66. The summed E-state index contributed by atoms with van der Waals surface area (Å²) in [6.45, 7) is 0.748. The Hall–Kier alpha value is -0.830. The summed E-state index contributed by atoms with van der Waals surface area (Å²) in [4.78, 5) is 11.6. The van der Waals surface area contributed by atoms with E-state index in [0.29, 0.717) is 4.47 Å². The van der Waals surface area contributed by atoms with E-state index in [1.807, 2.05) is 12.3 Å². The van der Waals surface area contributed by atoms with E-state index in [4.69, 9.17) is 0 Å². The van der Waals surface area contributed by atoms with E-state index in [-0.39, 0.29) is 5.56 Å². The number of hydrogen-bond acceptors (Lipinski definition) is 1. The van der Waals surface area contributed by atoms with Crippen molar-refractivity contribution in [1.29, 1.82) is 0 Å². The first-order valence-corrected chi connectivity index (χ1v) is 5.59. The molecule has 0 unspecified atom stereocenters. The van der Waals surface area contributed by atoms with E-state index in [1.165, 1.54) is 12.0 Å². The van der Waals surface area contributed by atoms with Gasteiger partial charge in [0.15, 0.2) is 0 Å². The summed E-state index contributed by atoms with van der Waals surface area (Å²) < 4.78 is 2.39. The number of nitrogens with zero attached hydrogens (tertiary/aromatic N) is 1. The van der Waals surface area contributed by atoms with Crippen LogP contribution in [0.1, 0.15) is 19.3 Å². The summed E-state index contributed by atoms with van der Waals surface area (Å²) in [6.07, 6.45) is 7.62. The zero-order valence-corrected chi connectivity index (χ0v) is 9.46. The zero-order valence-electron chi connectivity index (χ0n) is 7.87. The fraction of sp³-hybridized carbons (Fsp3) is 0.364. The fourth-order valence-corrected chi connectivity index (χ4v) is 2.11. The summed E-state index contributed by atoms with van der Waals surface area (Å²) in [5, 5.41) is 0. The van der Waals surface area contributed by atoms with Crippen molar-refractivity contribution in [3.63, 3.8) is 0 Å². The predicted octanol–water partition coefficient (Wildman–Crippen LogP) is 2.72. The molecule has 14 heavy (non-hydrogen) atoms. The van der Waals surface area contributed by atoms with Crippen LogP contribution in [0.2, 0.25) is 0 Å². The number of allylic oxidation sites excluding steroid dienone is 2. The van der Waals surface area contributed by atoms with Crippen LogP contribution in [0.4, 0.5) is 0 Å². The van der Waals surface area contributed by atoms with Gasteiger partial charge in [-0.05, 0) is 47.3 Å². The van der Waals surface area contributed by atoms with E-state index < -0.39 is 0 Å². The highest BCUT2D eigenvalue weighted by Crippen LogP contribution is 2.18. The Morgan fingerprint density at radius 3 is 3.07 bits per heavy atom. The maximum Gasteiger partial charge on any atom is 0.265 e. The number of pyridine rings is 1. The monoisotopic (exact) mass is 253 g/mol. The van der Waals surface area contributed by atoms with Crippen molar-refractivity contribution in [3.8, 4) is 0 Å². The summed E-state index contributed by atoms with van der Waals surface area (Å²) in [5.41, 5.74) is 1.44. The smallest absolute Gasteiger partial charge is 0.265 e. The van der Waals surface area contributed by atoms with Crippen LogP contribution in [0.5, 0.6) is 0 Å². The van der Waals surface area contributed by atoms with E-state index in [1.54, 1.807) is 10.6 Å². The number of hydrogen-bond donors (Lipinski definition) is 0. The van der Waals surface area contributed by atoms with Crippen LogP contribution in [-0.4, -0.2) is 4.57 Å². The Balaban J connectivity index is 2.24. The Morgan fingerprint density at radius 2 is 2.36 bits per heavy atom. The maximum absolute atomic E-state index is 11.6. The molecule has 0 bridgehead atoms. The third kappa shape index (κ3) is 1.98. The summed E-state index contributed by atoms with van der Waals surface area (Å²) >= 11 is 3.24. The lowest BCUT2D eigenvalue weighted by atomic mass is 10.2. The van der Waals surface area contributed by atoms with Gasteiger partial charge in [-0.3, -0.25) is 4.79 Å². The molecule has 0 aromatic carbocycles. The third-order valence-corrected chi connectivity index (χ3v) is 3.09. The molecule has 0 N–H and O–H groups in total. The van der Waals surface area contributed by atoms with Crippen molar-refractivity contribution in [2.75, 3.05) is 0 Å². The Bertz CT molecular complexity index is 420. The van der Waals surface area contributed by atoms with Crippen LogP contribution in [0.25, 0.3) is 0 Å². The Morgan fingerprint density at radius 1 is 1.50 bits per heavy atom. The van der Waals surface area contributed by atoms with Crippen molar-refractivity contribution in [2.24, 2.45) is 0 Å². The molecule has 3 heteroatoms. The van der Waals surface area contributed by atoms with Crippen molar-refractivity contribution in [2.45, 2.75) is 25.8 Å². The average molecular weight is 254 g/mol. The number of aromatic nitrogens is 1. The standard InChI is InChI=1S/C11H12BrNO/c12-10-6-3-7-13(11(10)14)8-9-4-1-2-5-9/h3-4,6-7H,1-2,5,8H2. The quantitative estimate of drug-likeness (QED) is 0.744. The highest BCUT2D eigenvalue weighted by Gasteiger charge is 2.06. The van der Waals surface area contributed by atoms with E-state index in [0.717, 1.165) is 19.4 Å². The van der Waals surface area contributed by atoms with Gasteiger partial charge >= 0.3 is 0 Å². The molecular weight excluding hydrogens is 242 g/mol. The van der Waals surface area contributed by atoms with Gasteiger partial charge in [0.2, 0.25) is 0 Å². The molecule has 1 aliphatic carbocycles. The zero-order chi connectivity index (χ0) is 9.97. The third-order valence-electron chi connectivity index (χ3n) is 2.48. The lowest BCUT2D eigenvalue weighted by molar-refractivity contribution is 0.718. The minimum absolute atomic E-state index is 0.0558. The SMILES string of the molecule is O=c1c(Br)cccn1CC1=CCCC1. The molecule has 1 heterocycles. The molecule has 0 atom stereocenters. The molecule has 1 aromatic rings. The van der Waals surface area contributed by atoms with Crippen molar-refractivity contribution in [3.05, 3.63) is 44.8 Å². The minimum atomic E-state index is 0.0558. The van der Waals surface area contributed by atoms with Gasteiger partial charge in [-0.1, -0.05) is 11.6 Å².